The fourth-order valence-corrected chi connectivity index (χ4v) is 5.67. The van der Waals surface area contributed by atoms with E-state index in [9.17, 15) is 26.4 Å². The molecule has 0 radical (unpaired) electrons. The minimum absolute atomic E-state index is 0.124. The van der Waals surface area contributed by atoms with Gasteiger partial charge in [0.2, 0.25) is 0 Å². The Morgan fingerprint density at radius 1 is 0.769 bits per heavy atom. The Bertz CT molecular complexity index is 1190. The molecule has 1 fully saturated rings. The molecule has 2 aliphatic rings. The second-order valence-corrected chi connectivity index (χ2v) is 12.0. The van der Waals surface area contributed by atoms with Crippen molar-refractivity contribution in [1.82, 2.24) is 0 Å². The molecule has 0 amide bonds. The number of benzene rings is 2. The van der Waals surface area contributed by atoms with Gasteiger partial charge in [-0.1, -0.05) is 75.2 Å². The topological polar surface area (TPSA) is 60.4 Å². The van der Waals surface area contributed by atoms with E-state index in [1.54, 1.807) is 0 Å². The van der Waals surface area contributed by atoms with Gasteiger partial charge in [0.05, 0.1) is 0 Å². The second kappa shape index (κ2) is 14.1. The number of hydrogen-bond acceptors (Lipinski definition) is 4. The molecule has 0 aliphatic heterocycles. The molecule has 39 heavy (non-hydrogen) atoms. The molecule has 0 bridgehead atoms. The first-order valence-corrected chi connectivity index (χ1v) is 15.3. The highest BCUT2D eigenvalue weighted by atomic mass is 32.2. The van der Waals surface area contributed by atoms with Crippen molar-refractivity contribution >= 4 is 15.9 Å². The zero-order valence-corrected chi connectivity index (χ0v) is 23.6. The summed E-state index contributed by atoms with van der Waals surface area (Å²) in [6, 6.07) is 17.2. The van der Waals surface area contributed by atoms with E-state index in [2.05, 4.69) is 54.4 Å². The minimum atomic E-state index is -5.56. The normalized spacial score (nSPS) is 18.6. The molecule has 0 N–H and O–H groups in total. The molecule has 0 spiro atoms. The average molecular weight is 565 g/mol. The van der Waals surface area contributed by atoms with Crippen molar-refractivity contribution in [2.24, 2.45) is 0 Å². The van der Waals surface area contributed by atoms with Gasteiger partial charge in [0, 0.05) is 19.3 Å². The van der Waals surface area contributed by atoms with E-state index in [0.717, 1.165) is 44.1 Å². The van der Waals surface area contributed by atoms with E-state index in [1.807, 2.05) is 12.1 Å². The number of Topliss-reactive ketones (excluding diaryl/α,β-unsaturated/α-hetero) is 1. The highest BCUT2D eigenvalue weighted by Gasteiger charge is 2.49. The smallest absolute Gasteiger partial charge is 0.381 e. The number of allylic oxidation sites excluding steroid dienone is 2. The van der Waals surface area contributed by atoms with E-state index < -0.39 is 15.6 Å². The van der Waals surface area contributed by atoms with Gasteiger partial charge >= 0.3 is 15.6 Å². The average Bonchev–Trinajstić information content (AvgIpc) is 2.91. The van der Waals surface area contributed by atoms with Gasteiger partial charge in [0.1, 0.15) is 11.5 Å². The SMILES string of the molecule is CCCc1ccc(C2CC=C(OS(=O)(=O)C(F)(F)F)CC2)cc1.CCCc1ccc(C2CCC(=O)CC2)cc1. The molecule has 1 unspecified atom stereocenters. The van der Waals surface area contributed by atoms with Crippen LogP contribution in [0.2, 0.25) is 0 Å². The lowest BCUT2D eigenvalue weighted by atomic mass is 9.83. The summed E-state index contributed by atoms with van der Waals surface area (Å²) in [4.78, 5) is 11.2. The van der Waals surface area contributed by atoms with Crippen LogP contribution in [-0.2, 0) is 31.9 Å². The molecule has 2 aliphatic carbocycles. The van der Waals surface area contributed by atoms with E-state index >= 15 is 0 Å². The lowest BCUT2D eigenvalue weighted by Gasteiger charge is -2.22. The van der Waals surface area contributed by atoms with Crippen LogP contribution in [0, 0.1) is 0 Å². The van der Waals surface area contributed by atoms with Crippen LogP contribution in [0.5, 0.6) is 0 Å². The Hall–Kier alpha value is -2.61. The number of carbonyl (C=O) groups is 1. The molecule has 0 heterocycles. The molecule has 2 aromatic carbocycles. The Kier molecular flexibility index (Phi) is 11.2. The van der Waals surface area contributed by atoms with Crippen LogP contribution < -0.4 is 0 Å². The number of halogens is 3. The summed E-state index contributed by atoms with van der Waals surface area (Å²) < 4.78 is 63.0. The molecule has 8 heteroatoms. The molecule has 2 aromatic rings. The Morgan fingerprint density at radius 3 is 1.64 bits per heavy atom. The first-order chi connectivity index (χ1) is 18.5. The van der Waals surface area contributed by atoms with E-state index in [1.165, 1.54) is 35.6 Å². The quantitative estimate of drug-likeness (QED) is 0.238. The van der Waals surface area contributed by atoms with Gasteiger partial charge in [0.15, 0.2) is 0 Å². The summed E-state index contributed by atoms with van der Waals surface area (Å²) in [5.74, 6) is 1.11. The monoisotopic (exact) mass is 564 g/mol. The molecule has 0 aromatic heterocycles. The zero-order chi connectivity index (χ0) is 28.5. The van der Waals surface area contributed by atoms with Crippen LogP contribution in [0.4, 0.5) is 13.2 Å². The lowest BCUT2D eigenvalue weighted by molar-refractivity contribution is -0.120. The van der Waals surface area contributed by atoms with Gasteiger partial charge in [-0.05, 0) is 78.7 Å². The lowest BCUT2D eigenvalue weighted by Crippen LogP contribution is -2.25. The Balaban J connectivity index is 0.000000230. The van der Waals surface area contributed by atoms with Gasteiger partial charge in [-0.2, -0.15) is 21.6 Å². The standard InChI is InChI=1S/C16H19F3O3S.C15H20O/c1-2-3-12-4-6-13(7-5-12)14-8-10-15(11-9-14)22-23(20,21)16(17,18)19;1-2-3-12-4-6-13(7-5-12)14-8-10-15(16)11-9-14/h4-7,10,14H,2-3,8-9,11H2,1H3;4-7,14H,2-3,8-11H2,1H3. The highest BCUT2D eigenvalue weighted by Crippen LogP contribution is 2.35. The van der Waals surface area contributed by atoms with Gasteiger partial charge in [-0.15, -0.1) is 0 Å². The molecular formula is C31H39F3O4S. The first-order valence-electron chi connectivity index (χ1n) is 13.9. The second-order valence-electron chi connectivity index (χ2n) is 10.4. The van der Waals surface area contributed by atoms with Crippen molar-refractivity contribution < 1.29 is 30.6 Å². The predicted molar refractivity (Wildman–Crippen MR) is 148 cm³/mol. The van der Waals surface area contributed by atoms with Crippen LogP contribution in [-0.4, -0.2) is 19.7 Å². The number of carbonyl (C=O) groups excluding carboxylic acids is 1. The number of rotatable bonds is 8. The molecule has 4 nitrogen and oxygen atoms in total. The fraction of sp³-hybridized carbons (Fsp3) is 0.516. The van der Waals surface area contributed by atoms with Crippen molar-refractivity contribution in [3.05, 3.63) is 82.6 Å². The molecular weight excluding hydrogens is 525 g/mol. The van der Waals surface area contributed by atoms with E-state index in [0.29, 0.717) is 24.5 Å². The van der Waals surface area contributed by atoms with E-state index in [-0.39, 0.29) is 18.1 Å². The third-order valence-electron chi connectivity index (χ3n) is 7.39. The van der Waals surface area contributed by atoms with Crippen molar-refractivity contribution in [2.75, 3.05) is 0 Å². The third-order valence-corrected chi connectivity index (χ3v) is 8.39. The molecule has 0 saturated heterocycles. The van der Waals surface area contributed by atoms with Crippen molar-refractivity contribution in [2.45, 2.75) is 102 Å². The minimum Gasteiger partial charge on any atom is -0.381 e. The zero-order valence-electron chi connectivity index (χ0n) is 22.8. The van der Waals surface area contributed by atoms with Gasteiger partial charge in [-0.3, -0.25) is 4.79 Å². The maximum absolute atomic E-state index is 12.3. The van der Waals surface area contributed by atoms with Crippen molar-refractivity contribution in [3.63, 3.8) is 0 Å². The molecule has 1 atom stereocenters. The van der Waals surface area contributed by atoms with Crippen LogP contribution in [0.15, 0.2) is 60.4 Å². The number of alkyl halides is 3. The van der Waals surface area contributed by atoms with Crippen molar-refractivity contribution in [1.29, 1.82) is 0 Å². The summed E-state index contributed by atoms with van der Waals surface area (Å²) in [5, 5.41) is 0. The van der Waals surface area contributed by atoms with Crippen LogP contribution in [0.25, 0.3) is 0 Å². The molecule has 4 rings (SSSR count). The summed E-state index contributed by atoms with van der Waals surface area (Å²) in [7, 11) is -5.56. The van der Waals surface area contributed by atoms with Gasteiger partial charge < -0.3 is 4.18 Å². The fourth-order valence-electron chi connectivity index (χ4n) is 5.14. The number of hydrogen-bond donors (Lipinski definition) is 0. The highest BCUT2D eigenvalue weighted by molar-refractivity contribution is 7.87. The number of ketones is 1. The Morgan fingerprint density at radius 2 is 1.23 bits per heavy atom. The van der Waals surface area contributed by atoms with Crippen LogP contribution >= 0.6 is 0 Å². The first kappa shape index (κ1) is 30.9. The summed E-state index contributed by atoms with van der Waals surface area (Å²) in [5.41, 5.74) is -0.174. The Labute approximate surface area is 230 Å². The summed E-state index contributed by atoms with van der Waals surface area (Å²) in [6.45, 7) is 4.32. The van der Waals surface area contributed by atoms with Gasteiger partial charge in [-0.25, -0.2) is 0 Å². The maximum atomic E-state index is 12.3. The van der Waals surface area contributed by atoms with Crippen LogP contribution in [0.3, 0.4) is 0 Å². The van der Waals surface area contributed by atoms with Crippen LogP contribution in [0.1, 0.15) is 106 Å². The summed E-state index contributed by atoms with van der Waals surface area (Å²) >= 11 is 0. The molecule has 214 valence electrons. The third kappa shape index (κ3) is 9.23. The van der Waals surface area contributed by atoms with Gasteiger partial charge in [0.25, 0.3) is 0 Å². The van der Waals surface area contributed by atoms with E-state index in [4.69, 9.17) is 0 Å². The number of aryl methyl sites for hydroxylation is 2. The largest absolute Gasteiger partial charge is 0.534 e. The maximum Gasteiger partial charge on any atom is 0.534 e. The summed E-state index contributed by atoms with van der Waals surface area (Å²) in [6.07, 6.45) is 10.8. The predicted octanol–water partition coefficient (Wildman–Crippen LogP) is 8.52. The van der Waals surface area contributed by atoms with Crippen molar-refractivity contribution in [3.8, 4) is 0 Å². The molecule has 1 saturated carbocycles.